The average molecular weight is 277 g/mol. The number of aromatic amines is 1. The third-order valence-electron chi connectivity index (χ3n) is 3.15. The first-order chi connectivity index (χ1) is 10.2. The lowest BCUT2D eigenvalue weighted by Crippen LogP contribution is -2.12. The Kier molecular flexibility index (Phi) is 3.05. The van der Waals surface area contributed by atoms with Crippen molar-refractivity contribution in [2.24, 2.45) is 0 Å². The second-order valence-corrected chi connectivity index (χ2v) is 4.51. The molecule has 0 fully saturated rings. The number of rotatable bonds is 2. The van der Waals surface area contributed by atoms with Gasteiger partial charge in [0.15, 0.2) is 0 Å². The van der Waals surface area contributed by atoms with Crippen molar-refractivity contribution in [3.63, 3.8) is 0 Å². The van der Waals surface area contributed by atoms with Crippen molar-refractivity contribution in [1.29, 1.82) is 5.26 Å². The fraction of sp³-hybridized carbons (Fsp3) is 0. The number of furan rings is 1. The fourth-order valence-electron chi connectivity index (χ4n) is 2.12. The molecule has 0 amide bonds. The number of hydrogen-bond donors (Lipinski definition) is 2. The molecule has 2 heterocycles. The summed E-state index contributed by atoms with van der Waals surface area (Å²) in [6.45, 7) is 0. The number of benzene rings is 1. The second-order valence-electron chi connectivity index (χ2n) is 4.51. The van der Waals surface area contributed by atoms with Gasteiger partial charge in [-0.05, 0) is 35.9 Å². The molecule has 102 valence electrons. The van der Waals surface area contributed by atoms with Gasteiger partial charge in [0.05, 0.1) is 6.26 Å². The van der Waals surface area contributed by atoms with Gasteiger partial charge in [-0.3, -0.25) is 4.79 Å². The molecule has 0 radical (unpaired) electrons. The van der Waals surface area contributed by atoms with Crippen molar-refractivity contribution >= 4 is 5.69 Å². The van der Waals surface area contributed by atoms with Crippen molar-refractivity contribution in [3.05, 3.63) is 64.6 Å². The SMILES string of the molecule is N#Cc1c(-c2ccco2)cc(-c2ccc(N)cc2)[nH]c1=O. The third-order valence-corrected chi connectivity index (χ3v) is 3.15. The first-order valence-corrected chi connectivity index (χ1v) is 6.26. The van der Waals surface area contributed by atoms with E-state index in [2.05, 4.69) is 4.98 Å². The van der Waals surface area contributed by atoms with Crippen LogP contribution in [0.15, 0.2) is 57.9 Å². The van der Waals surface area contributed by atoms with Crippen LogP contribution in [-0.2, 0) is 0 Å². The van der Waals surface area contributed by atoms with Gasteiger partial charge in [-0.15, -0.1) is 0 Å². The summed E-state index contributed by atoms with van der Waals surface area (Å²) in [6, 6.07) is 14.2. The van der Waals surface area contributed by atoms with Gasteiger partial charge in [0.2, 0.25) is 0 Å². The molecule has 3 aromatic rings. The summed E-state index contributed by atoms with van der Waals surface area (Å²) in [5.74, 6) is 0.481. The molecule has 0 unspecified atom stereocenters. The lowest BCUT2D eigenvalue weighted by molar-refractivity contribution is 0.582. The summed E-state index contributed by atoms with van der Waals surface area (Å²) < 4.78 is 5.30. The molecule has 5 heteroatoms. The number of pyridine rings is 1. The highest BCUT2D eigenvalue weighted by molar-refractivity contribution is 5.72. The molecule has 0 saturated carbocycles. The van der Waals surface area contributed by atoms with Crippen LogP contribution in [0.25, 0.3) is 22.6 Å². The molecule has 0 bridgehead atoms. The average Bonchev–Trinajstić information content (AvgIpc) is 3.01. The molecular weight excluding hydrogens is 266 g/mol. The number of hydrogen-bond acceptors (Lipinski definition) is 4. The number of nitrogen functional groups attached to an aromatic ring is 1. The molecule has 2 aromatic heterocycles. The van der Waals surface area contributed by atoms with Crippen LogP contribution < -0.4 is 11.3 Å². The molecule has 0 aliphatic heterocycles. The predicted molar refractivity (Wildman–Crippen MR) is 79.3 cm³/mol. The fourth-order valence-corrected chi connectivity index (χ4v) is 2.12. The molecule has 3 rings (SSSR count). The number of nitrogens with one attached hydrogen (secondary N) is 1. The Hall–Kier alpha value is -3.26. The Balaban J connectivity index is 2.23. The first-order valence-electron chi connectivity index (χ1n) is 6.26. The summed E-state index contributed by atoms with van der Waals surface area (Å²) in [5.41, 5.74) is 7.76. The summed E-state index contributed by atoms with van der Waals surface area (Å²) in [6.07, 6.45) is 1.50. The Morgan fingerprint density at radius 3 is 2.57 bits per heavy atom. The van der Waals surface area contributed by atoms with E-state index in [1.807, 2.05) is 6.07 Å². The lowest BCUT2D eigenvalue weighted by Gasteiger charge is -2.06. The topological polar surface area (TPSA) is 95.8 Å². The Bertz CT molecular complexity index is 869. The zero-order chi connectivity index (χ0) is 14.8. The van der Waals surface area contributed by atoms with Crippen LogP contribution in [0, 0.1) is 11.3 Å². The van der Waals surface area contributed by atoms with E-state index >= 15 is 0 Å². The summed E-state index contributed by atoms with van der Waals surface area (Å²) >= 11 is 0. The van der Waals surface area contributed by atoms with E-state index in [-0.39, 0.29) is 5.56 Å². The van der Waals surface area contributed by atoms with Crippen LogP contribution >= 0.6 is 0 Å². The quantitative estimate of drug-likeness (QED) is 0.704. The van der Waals surface area contributed by atoms with Crippen molar-refractivity contribution < 1.29 is 4.42 Å². The maximum atomic E-state index is 12.1. The molecule has 21 heavy (non-hydrogen) atoms. The van der Waals surface area contributed by atoms with E-state index in [0.29, 0.717) is 22.7 Å². The largest absolute Gasteiger partial charge is 0.464 e. The molecule has 1 aromatic carbocycles. The summed E-state index contributed by atoms with van der Waals surface area (Å²) in [7, 11) is 0. The molecule has 0 aliphatic rings. The van der Waals surface area contributed by atoms with Crippen molar-refractivity contribution in [2.45, 2.75) is 0 Å². The highest BCUT2D eigenvalue weighted by Gasteiger charge is 2.14. The first kappa shape index (κ1) is 12.8. The number of nitrogens with zero attached hydrogens (tertiary/aromatic N) is 1. The van der Waals surface area contributed by atoms with Gasteiger partial charge in [-0.1, -0.05) is 12.1 Å². The zero-order valence-corrected chi connectivity index (χ0v) is 11.0. The Labute approximate surface area is 120 Å². The minimum Gasteiger partial charge on any atom is -0.464 e. The van der Waals surface area contributed by atoms with E-state index in [1.165, 1.54) is 6.26 Å². The third kappa shape index (κ3) is 2.30. The molecule has 0 aliphatic carbocycles. The number of nitriles is 1. The number of nitrogens with two attached hydrogens (primary N) is 1. The zero-order valence-electron chi connectivity index (χ0n) is 11.0. The van der Waals surface area contributed by atoms with Gasteiger partial charge in [-0.25, -0.2) is 0 Å². The van der Waals surface area contributed by atoms with Gasteiger partial charge in [0.1, 0.15) is 17.4 Å². The van der Waals surface area contributed by atoms with Crippen LogP contribution in [0.2, 0.25) is 0 Å². The molecule has 3 N–H and O–H groups in total. The van der Waals surface area contributed by atoms with Crippen molar-refractivity contribution in [1.82, 2.24) is 4.98 Å². The molecular formula is C16H11N3O2. The van der Waals surface area contributed by atoms with Gasteiger partial charge >= 0.3 is 0 Å². The van der Waals surface area contributed by atoms with Crippen LogP contribution in [0.4, 0.5) is 5.69 Å². The Morgan fingerprint density at radius 2 is 1.95 bits per heavy atom. The highest BCUT2D eigenvalue weighted by atomic mass is 16.3. The van der Waals surface area contributed by atoms with Crippen LogP contribution in [-0.4, -0.2) is 4.98 Å². The number of anilines is 1. The second kappa shape index (κ2) is 5.02. The van der Waals surface area contributed by atoms with E-state index in [4.69, 9.17) is 15.4 Å². The maximum Gasteiger partial charge on any atom is 0.267 e. The minimum atomic E-state index is -0.446. The van der Waals surface area contributed by atoms with Gasteiger partial charge in [0.25, 0.3) is 5.56 Å². The smallest absolute Gasteiger partial charge is 0.267 e. The monoisotopic (exact) mass is 277 g/mol. The molecule has 0 saturated heterocycles. The minimum absolute atomic E-state index is 0.0316. The maximum absolute atomic E-state index is 12.1. The molecule has 0 spiro atoms. The summed E-state index contributed by atoms with van der Waals surface area (Å²) in [4.78, 5) is 14.8. The molecule has 0 atom stereocenters. The highest BCUT2D eigenvalue weighted by Crippen LogP contribution is 2.26. The van der Waals surface area contributed by atoms with E-state index in [1.54, 1.807) is 42.5 Å². The number of H-pyrrole nitrogens is 1. The Morgan fingerprint density at radius 1 is 1.19 bits per heavy atom. The number of aromatic nitrogens is 1. The van der Waals surface area contributed by atoms with Gasteiger partial charge in [-0.2, -0.15) is 5.26 Å². The van der Waals surface area contributed by atoms with Crippen molar-refractivity contribution in [2.75, 3.05) is 5.73 Å². The van der Waals surface area contributed by atoms with Crippen molar-refractivity contribution in [3.8, 4) is 28.7 Å². The van der Waals surface area contributed by atoms with E-state index in [9.17, 15) is 4.79 Å². The van der Waals surface area contributed by atoms with E-state index < -0.39 is 5.56 Å². The normalized spacial score (nSPS) is 10.2. The molecule has 5 nitrogen and oxygen atoms in total. The van der Waals surface area contributed by atoms with Gasteiger partial charge in [0, 0.05) is 16.9 Å². The van der Waals surface area contributed by atoms with Crippen LogP contribution in [0.5, 0.6) is 0 Å². The standard InChI is InChI=1S/C16H11N3O2/c17-9-13-12(15-2-1-7-21-15)8-14(19-16(13)20)10-3-5-11(18)6-4-10/h1-8H,18H2,(H,19,20). The van der Waals surface area contributed by atoms with Crippen LogP contribution in [0.1, 0.15) is 5.56 Å². The predicted octanol–water partition coefficient (Wildman–Crippen LogP) is 2.76. The van der Waals surface area contributed by atoms with E-state index in [0.717, 1.165) is 5.56 Å². The van der Waals surface area contributed by atoms with Gasteiger partial charge < -0.3 is 15.1 Å². The lowest BCUT2D eigenvalue weighted by atomic mass is 10.0. The summed E-state index contributed by atoms with van der Waals surface area (Å²) in [5, 5.41) is 9.17. The van der Waals surface area contributed by atoms with Crippen LogP contribution in [0.3, 0.4) is 0 Å².